The molecule has 0 atom stereocenters. The van der Waals surface area contributed by atoms with Crippen molar-refractivity contribution in [2.45, 2.75) is 32.7 Å². The Kier molecular flexibility index (Phi) is 1.79. The number of anilines is 1. The van der Waals surface area contributed by atoms with Gasteiger partial charge < -0.3 is 5.32 Å². The molecule has 0 amide bonds. The van der Waals surface area contributed by atoms with Crippen molar-refractivity contribution in [1.29, 1.82) is 0 Å². The van der Waals surface area contributed by atoms with E-state index in [-0.39, 0.29) is 5.54 Å². The van der Waals surface area contributed by atoms with E-state index in [9.17, 15) is 0 Å². The van der Waals surface area contributed by atoms with Crippen LogP contribution in [0, 0.1) is 6.92 Å². The number of nitrogens with one attached hydrogen (secondary N) is 1. The van der Waals surface area contributed by atoms with Crippen molar-refractivity contribution in [3.8, 4) is 0 Å². The fourth-order valence-electron chi connectivity index (χ4n) is 2.40. The van der Waals surface area contributed by atoms with Gasteiger partial charge in [0.2, 0.25) is 0 Å². The van der Waals surface area contributed by atoms with E-state index in [2.05, 4.69) is 50.4 Å². The Morgan fingerprint density at radius 2 is 2.06 bits per heavy atom. The highest BCUT2D eigenvalue weighted by Crippen LogP contribution is 2.32. The normalized spacial score (nSPS) is 17.2. The van der Waals surface area contributed by atoms with Crippen molar-refractivity contribution in [1.82, 2.24) is 4.98 Å². The molecule has 0 radical (unpaired) electrons. The zero-order valence-corrected chi connectivity index (χ0v) is 9.96. The van der Waals surface area contributed by atoms with Gasteiger partial charge >= 0.3 is 0 Å². The molecule has 16 heavy (non-hydrogen) atoms. The van der Waals surface area contributed by atoms with Crippen molar-refractivity contribution in [3.63, 3.8) is 0 Å². The van der Waals surface area contributed by atoms with Crippen LogP contribution in [0.15, 0.2) is 24.3 Å². The fraction of sp³-hybridized carbons (Fsp3) is 0.357. The van der Waals surface area contributed by atoms with Crippen LogP contribution in [0.4, 0.5) is 5.82 Å². The number of pyridine rings is 1. The van der Waals surface area contributed by atoms with Crippen LogP contribution < -0.4 is 5.32 Å². The van der Waals surface area contributed by atoms with Crippen LogP contribution >= 0.6 is 0 Å². The van der Waals surface area contributed by atoms with Crippen molar-refractivity contribution >= 4 is 16.7 Å². The number of fused-ring (bicyclic) bond motifs is 2. The Labute approximate surface area is 95.7 Å². The zero-order chi connectivity index (χ0) is 11.3. The maximum absolute atomic E-state index is 4.70. The maximum Gasteiger partial charge on any atom is 0.130 e. The smallest absolute Gasteiger partial charge is 0.130 e. The minimum atomic E-state index is 0.141. The van der Waals surface area contributed by atoms with E-state index in [1.165, 1.54) is 16.5 Å². The van der Waals surface area contributed by atoms with Gasteiger partial charge in [0.15, 0.2) is 0 Å². The Morgan fingerprint density at radius 3 is 2.88 bits per heavy atom. The van der Waals surface area contributed by atoms with Crippen LogP contribution in [0.25, 0.3) is 10.9 Å². The third kappa shape index (κ3) is 1.45. The lowest BCUT2D eigenvalue weighted by Gasteiger charge is -2.17. The van der Waals surface area contributed by atoms with E-state index >= 15 is 0 Å². The maximum atomic E-state index is 4.70. The molecule has 1 aromatic carbocycles. The van der Waals surface area contributed by atoms with Crippen molar-refractivity contribution in [2.75, 3.05) is 5.32 Å². The van der Waals surface area contributed by atoms with Crippen LogP contribution in [0.2, 0.25) is 0 Å². The number of rotatable bonds is 0. The zero-order valence-electron chi connectivity index (χ0n) is 9.96. The molecule has 82 valence electrons. The second-order valence-corrected chi connectivity index (χ2v) is 5.38. The van der Waals surface area contributed by atoms with Gasteiger partial charge in [-0.1, -0.05) is 12.1 Å². The van der Waals surface area contributed by atoms with E-state index in [0.29, 0.717) is 0 Å². The van der Waals surface area contributed by atoms with Gasteiger partial charge in [0.05, 0.1) is 5.52 Å². The van der Waals surface area contributed by atoms with Gasteiger partial charge in [-0.3, -0.25) is 0 Å². The van der Waals surface area contributed by atoms with Crippen molar-refractivity contribution in [2.24, 2.45) is 0 Å². The lowest BCUT2D eigenvalue weighted by Crippen LogP contribution is -2.27. The molecule has 2 aromatic rings. The number of benzene rings is 1. The largest absolute Gasteiger partial charge is 0.365 e. The highest BCUT2D eigenvalue weighted by molar-refractivity contribution is 5.83. The van der Waals surface area contributed by atoms with E-state index < -0.39 is 0 Å². The summed E-state index contributed by atoms with van der Waals surface area (Å²) >= 11 is 0. The molecule has 0 saturated heterocycles. The van der Waals surface area contributed by atoms with Crippen LogP contribution in [-0.4, -0.2) is 10.5 Å². The molecule has 0 saturated carbocycles. The standard InChI is InChI=1S/C14H16N2/c1-9-4-5-10-7-11-8-14(2,3)16-13(11)15-12(10)6-9/h4-7H,8H2,1-3H3,(H,15,16). The number of nitrogens with zero attached hydrogens (tertiary/aromatic N) is 1. The van der Waals surface area contributed by atoms with Gasteiger partial charge in [0.1, 0.15) is 5.82 Å². The van der Waals surface area contributed by atoms with Gasteiger partial charge in [-0.2, -0.15) is 0 Å². The average Bonchev–Trinajstić information content (AvgIpc) is 2.47. The molecular formula is C14H16N2. The molecule has 0 unspecified atom stereocenters. The first-order valence-corrected chi connectivity index (χ1v) is 5.72. The predicted molar refractivity (Wildman–Crippen MR) is 67.9 cm³/mol. The molecule has 0 bridgehead atoms. The average molecular weight is 212 g/mol. The van der Waals surface area contributed by atoms with E-state index in [1.807, 2.05) is 0 Å². The highest BCUT2D eigenvalue weighted by Gasteiger charge is 2.28. The van der Waals surface area contributed by atoms with Gasteiger partial charge in [0.25, 0.3) is 0 Å². The van der Waals surface area contributed by atoms with Crippen molar-refractivity contribution in [3.05, 3.63) is 35.4 Å². The third-order valence-electron chi connectivity index (χ3n) is 3.14. The number of aromatic nitrogens is 1. The van der Waals surface area contributed by atoms with Crippen LogP contribution in [0.1, 0.15) is 25.0 Å². The first-order chi connectivity index (χ1) is 7.53. The summed E-state index contributed by atoms with van der Waals surface area (Å²) in [4.78, 5) is 4.70. The van der Waals surface area contributed by atoms with E-state index in [0.717, 1.165) is 17.8 Å². The van der Waals surface area contributed by atoms with Crippen LogP contribution in [0.3, 0.4) is 0 Å². The topological polar surface area (TPSA) is 24.9 Å². The first kappa shape index (κ1) is 9.64. The van der Waals surface area contributed by atoms with E-state index in [1.54, 1.807) is 0 Å². The summed E-state index contributed by atoms with van der Waals surface area (Å²) in [6, 6.07) is 8.70. The highest BCUT2D eigenvalue weighted by atomic mass is 15.1. The summed E-state index contributed by atoms with van der Waals surface area (Å²) in [5.74, 6) is 1.06. The van der Waals surface area contributed by atoms with Gasteiger partial charge in [-0.15, -0.1) is 0 Å². The van der Waals surface area contributed by atoms with Crippen LogP contribution in [-0.2, 0) is 6.42 Å². The lowest BCUT2D eigenvalue weighted by molar-refractivity contribution is 0.593. The number of hydrogen-bond acceptors (Lipinski definition) is 2. The monoisotopic (exact) mass is 212 g/mol. The molecule has 1 N–H and O–H groups in total. The number of aryl methyl sites for hydroxylation is 1. The molecule has 1 aliphatic heterocycles. The number of hydrogen-bond donors (Lipinski definition) is 1. The second-order valence-electron chi connectivity index (χ2n) is 5.38. The Bertz CT molecular complexity index is 570. The van der Waals surface area contributed by atoms with Crippen LogP contribution in [0.5, 0.6) is 0 Å². The summed E-state index contributed by atoms with van der Waals surface area (Å²) < 4.78 is 0. The minimum absolute atomic E-state index is 0.141. The SMILES string of the molecule is Cc1ccc2cc3c(nc2c1)NC(C)(C)C3. The quantitative estimate of drug-likeness (QED) is 0.724. The lowest BCUT2D eigenvalue weighted by atomic mass is 10.00. The van der Waals surface area contributed by atoms with Gasteiger partial charge in [-0.25, -0.2) is 4.98 Å². The minimum Gasteiger partial charge on any atom is -0.365 e. The molecule has 2 heteroatoms. The second kappa shape index (κ2) is 2.97. The third-order valence-corrected chi connectivity index (χ3v) is 3.14. The van der Waals surface area contributed by atoms with Crippen molar-refractivity contribution < 1.29 is 0 Å². The van der Waals surface area contributed by atoms with E-state index in [4.69, 9.17) is 4.98 Å². The van der Waals surface area contributed by atoms with Gasteiger partial charge in [-0.05, 0) is 50.5 Å². The Morgan fingerprint density at radius 1 is 1.25 bits per heavy atom. The molecule has 0 spiro atoms. The molecule has 0 aliphatic carbocycles. The summed E-state index contributed by atoms with van der Waals surface area (Å²) in [7, 11) is 0. The fourth-order valence-corrected chi connectivity index (χ4v) is 2.40. The molecule has 2 nitrogen and oxygen atoms in total. The molecule has 2 heterocycles. The summed E-state index contributed by atoms with van der Waals surface area (Å²) in [6.07, 6.45) is 1.05. The molecule has 3 rings (SSSR count). The Hall–Kier alpha value is -1.57. The van der Waals surface area contributed by atoms with Gasteiger partial charge in [0, 0.05) is 10.9 Å². The predicted octanol–water partition coefficient (Wildman–Crippen LogP) is 3.29. The first-order valence-electron chi connectivity index (χ1n) is 5.72. The Balaban J connectivity index is 2.22. The summed E-state index contributed by atoms with van der Waals surface area (Å²) in [5.41, 5.74) is 3.82. The molecule has 1 aromatic heterocycles. The molecular weight excluding hydrogens is 196 g/mol. The summed E-state index contributed by atoms with van der Waals surface area (Å²) in [6.45, 7) is 6.53. The molecule has 0 fully saturated rings. The molecule has 1 aliphatic rings. The summed E-state index contributed by atoms with van der Waals surface area (Å²) in [5, 5.41) is 4.71.